The number of aromatic nitrogens is 3. The molecule has 2 atom stereocenters. The first-order chi connectivity index (χ1) is 14.4. The van der Waals surface area contributed by atoms with E-state index in [0.717, 1.165) is 34.4 Å². The van der Waals surface area contributed by atoms with Gasteiger partial charge in [-0.3, -0.25) is 9.48 Å². The summed E-state index contributed by atoms with van der Waals surface area (Å²) in [6, 6.07) is 10.4. The Morgan fingerprint density at radius 1 is 1.27 bits per heavy atom. The second kappa shape index (κ2) is 7.13. The number of halogens is 1. The van der Waals surface area contributed by atoms with E-state index >= 15 is 0 Å². The zero-order chi connectivity index (χ0) is 21.0. The Bertz CT molecular complexity index is 1140. The summed E-state index contributed by atoms with van der Waals surface area (Å²) >= 11 is 6.69. The van der Waals surface area contributed by atoms with E-state index in [1.807, 2.05) is 43.3 Å². The molecule has 7 heteroatoms. The van der Waals surface area contributed by atoms with Crippen molar-refractivity contribution in [1.82, 2.24) is 19.9 Å². The van der Waals surface area contributed by atoms with Crippen LogP contribution in [-0.2, 0) is 13.5 Å². The van der Waals surface area contributed by atoms with Crippen LogP contribution < -0.4 is 4.74 Å². The topological polar surface area (TPSA) is 60.2 Å². The smallest absolute Gasteiger partial charge is 0.258 e. The molecule has 154 valence electrons. The monoisotopic (exact) mass is 422 g/mol. The third-order valence-electron chi connectivity index (χ3n) is 6.13. The van der Waals surface area contributed by atoms with Crippen molar-refractivity contribution in [3.63, 3.8) is 0 Å². The normalized spacial score (nSPS) is 20.1. The molecule has 2 aromatic carbocycles. The summed E-state index contributed by atoms with van der Waals surface area (Å²) < 4.78 is 7.85. The van der Waals surface area contributed by atoms with Gasteiger partial charge in [-0.05, 0) is 43.0 Å². The number of ether oxygens (including phenoxy) is 1. The molecule has 2 bridgehead atoms. The molecule has 1 amide bonds. The number of nitrogens with zero attached hydrogens (tertiary/aromatic N) is 4. The second-order valence-electron chi connectivity index (χ2n) is 8.28. The molecule has 6 nitrogen and oxygen atoms in total. The van der Waals surface area contributed by atoms with Gasteiger partial charge in [0.2, 0.25) is 0 Å². The molecule has 3 aromatic rings. The molecule has 1 saturated heterocycles. The number of hydrogen-bond donors (Lipinski definition) is 0. The van der Waals surface area contributed by atoms with E-state index in [1.165, 1.54) is 0 Å². The minimum atomic E-state index is 0.0126. The molecular weight excluding hydrogens is 400 g/mol. The minimum absolute atomic E-state index is 0.0126. The number of fused-ring (bicyclic) bond motifs is 3. The van der Waals surface area contributed by atoms with Gasteiger partial charge in [-0.2, -0.15) is 0 Å². The van der Waals surface area contributed by atoms with Gasteiger partial charge in [0.15, 0.2) is 5.75 Å². The highest BCUT2D eigenvalue weighted by molar-refractivity contribution is 6.33. The average molecular weight is 423 g/mol. The van der Waals surface area contributed by atoms with Crippen LogP contribution in [0.15, 0.2) is 36.5 Å². The molecule has 3 heterocycles. The predicted molar refractivity (Wildman–Crippen MR) is 115 cm³/mol. The van der Waals surface area contributed by atoms with Gasteiger partial charge in [0.05, 0.1) is 23.3 Å². The summed E-state index contributed by atoms with van der Waals surface area (Å²) in [5, 5.41) is 8.69. The van der Waals surface area contributed by atoms with Crippen molar-refractivity contribution in [2.75, 3.05) is 6.54 Å². The van der Waals surface area contributed by atoms with Crippen LogP contribution in [0.25, 0.3) is 11.3 Å². The van der Waals surface area contributed by atoms with Crippen molar-refractivity contribution in [1.29, 1.82) is 0 Å². The summed E-state index contributed by atoms with van der Waals surface area (Å²) in [5.74, 6) is 0.555. The van der Waals surface area contributed by atoms with Crippen LogP contribution in [0.1, 0.15) is 40.4 Å². The van der Waals surface area contributed by atoms with Crippen LogP contribution >= 0.6 is 11.6 Å². The third-order valence-corrected chi connectivity index (χ3v) is 6.59. The second-order valence-corrected chi connectivity index (χ2v) is 8.66. The molecular formula is C23H23ClN4O2. The molecule has 30 heavy (non-hydrogen) atoms. The Morgan fingerprint density at radius 3 is 2.73 bits per heavy atom. The molecule has 0 saturated carbocycles. The highest BCUT2D eigenvalue weighted by Crippen LogP contribution is 2.41. The summed E-state index contributed by atoms with van der Waals surface area (Å²) in [6.45, 7) is 4.69. The van der Waals surface area contributed by atoms with Crippen molar-refractivity contribution in [3.8, 4) is 17.0 Å². The number of rotatable bonds is 3. The van der Waals surface area contributed by atoms with E-state index in [0.29, 0.717) is 29.3 Å². The van der Waals surface area contributed by atoms with E-state index in [9.17, 15) is 4.79 Å². The number of carbonyl (C=O) groups is 1. The third kappa shape index (κ3) is 3.16. The zero-order valence-corrected chi connectivity index (χ0v) is 18.0. The molecule has 0 radical (unpaired) electrons. The fraction of sp³-hybridized carbons (Fsp3) is 0.348. The van der Waals surface area contributed by atoms with Crippen molar-refractivity contribution in [2.24, 2.45) is 7.05 Å². The van der Waals surface area contributed by atoms with Gasteiger partial charge >= 0.3 is 0 Å². The molecule has 1 unspecified atom stereocenters. The lowest BCUT2D eigenvalue weighted by atomic mass is 9.96. The van der Waals surface area contributed by atoms with Gasteiger partial charge < -0.3 is 9.64 Å². The molecule has 0 spiro atoms. The maximum atomic E-state index is 13.1. The van der Waals surface area contributed by atoms with Crippen LogP contribution in [0.4, 0.5) is 0 Å². The Hall–Kier alpha value is -2.86. The molecule has 0 N–H and O–H groups in total. The fourth-order valence-corrected chi connectivity index (χ4v) is 4.67. The summed E-state index contributed by atoms with van der Waals surface area (Å²) in [7, 11) is 1.85. The zero-order valence-electron chi connectivity index (χ0n) is 17.2. The first-order valence-electron chi connectivity index (χ1n) is 10.2. The standard InChI is InChI=1S/C23H23ClN4O2/c1-13-8-18-11-28(13)23(29)19-10-17(14(2)21(24)22(19)30-18)9-15-4-6-16(7-5-15)20-12-27(3)26-25-20/h4-7,10,12-13,18H,8-9,11H2,1-3H3/t13-,18?/m0/s1. The van der Waals surface area contributed by atoms with Crippen LogP contribution in [0, 0.1) is 6.92 Å². The number of benzene rings is 2. The minimum Gasteiger partial charge on any atom is -0.486 e. The van der Waals surface area contributed by atoms with Gasteiger partial charge in [0.25, 0.3) is 5.91 Å². The maximum absolute atomic E-state index is 13.1. The van der Waals surface area contributed by atoms with Crippen LogP contribution in [0.2, 0.25) is 5.02 Å². The Balaban J connectivity index is 1.47. The number of amides is 1. The first kappa shape index (κ1) is 19.1. The molecule has 1 aromatic heterocycles. The van der Waals surface area contributed by atoms with E-state index < -0.39 is 0 Å². The van der Waals surface area contributed by atoms with Crippen molar-refractivity contribution in [2.45, 2.75) is 38.8 Å². The molecule has 1 fully saturated rings. The highest BCUT2D eigenvalue weighted by atomic mass is 35.5. The van der Waals surface area contributed by atoms with Crippen molar-refractivity contribution < 1.29 is 9.53 Å². The lowest BCUT2D eigenvalue weighted by Gasteiger charge is -2.23. The van der Waals surface area contributed by atoms with Crippen LogP contribution in [0.3, 0.4) is 0 Å². The number of hydrogen-bond acceptors (Lipinski definition) is 4. The first-order valence-corrected chi connectivity index (χ1v) is 10.5. The highest BCUT2D eigenvalue weighted by Gasteiger charge is 2.40. The van der Waals surface area contributed by atoms with Gasteiger partial charge in [-0.15, -0.1) is 5.10 Å². The Kier molecular flexibility index (Phi) is 4.54. The van der Waals surface area contributed by atoms with E-state index in [-0.39, 0.29) is 18.1 Å². The van der Waals surface area contributed by atoms with Crippen LogP contribution in [0.5, 0.6) is 5.75 Å². The molecule has 2 aliphatic heterocycles. The number of aryl methyl sites for hydroxylation is 1. The summed E-state index contributed by atoms with van der Waals surface area (Å²) in [4.78, 5) is 15.1. The van der Waals surface area contributed by atoms with Crippen molar-refractivity contribution >= 4 is 17.5 Å². The van der Waals surface area contributed by atoms with Gasteiger partial charge in [-0.1, -0.05) is 41.1 Å². The van der Waals surface area contributed by atoms with Gasteiger partial charge in [0.1, 0.15) is 11.8 Å². The Morgan fingerprint density at radius 2 is 2.03 bits per heavy atom. The quantitative estimate of drug-likeness (QED) is 0.639. The van der Waals surface area contributed by atoms with E-state index in [1.54, 1.807) is 4.68 Å². The van der Waals surface area contributed by atoms with E-state index in [4.69, 9.17) is 16.3 Å². The lowest BCUT2D eigenvalue weighted by molar-refractivity contribution is 0.0748. The van der Waals surface area contributed by atoms with Gasteiger partial charge in [-0.25, -0.2) is 0 Å². The average Bonchev–Trinajstić information content (AvgIpc) is 3.29. The molecule has 2 aliphatic rings. The van der Waals surface area contributed by atoms with E-state index in [2.05, 4.69) is 29.4 Å². The molecule has 5 rings (SSSR count). The van der Waals surface area contributed by atoms with Gasteiger partial charge in [0, 0.05) is 25.1 Å². The lowest BCUT2D eigenvalue weighted by Crippen LogP contribution is -2.33. The fourth-order valence-electron chi connectivity index (χ4n) is 4.40. The predicted octanol–water partition coefficient (Wildman–Crippen LogP) is 4.03. The largest absolute Gasteiger partial charge is 0.486 e. The maximum Gasteiger partial charge on any atom is 0.258 e. The van der Waals surface area contributed by atoms with Crippen LogP contribution in [-0.4, -0.2) is 44.5 Å². The molecule has 0 aliphatic carbocycles. The Labute approximate surface area is 180 Å². The summed E-state index contributed by atoms with van der Waals surface area (Å²) in [5.41, 5.74) is 5.57. The summed E-state index contributed by atoms with van der Waals surface area (Å²) in [6.07, 6.45) is 3.44. The number of carbonyl (C=O) groups excluding carboxylic acids is 1. The SMILES string of the molecule is Cc1c(Cc2ccc(-c3cn(C)nn3)cc2)cc2c(c1Cl)OC1C[C@H](C)N(C1)C2=O. The van der Waals surface area contributed by atoms with Crippen molar-refractivity contribution in [3.05, 3.63) is 63.8 Å².